The third kappa shape index (κ3) is 4.88. The maximum Gasteiger partial charge on any atom is 0.418 e. The van der Waals surface area contributed by atoms with Gasteiger partial charge in [-0.05, 0) is 37.6 Å². The number of alkyl halides is 3. The molecule has 0 aromatic heterocycles. The van der Waals surface area contributed by atoms with E-state index in [1.807, 2.05) is 0 Å². The van der Waals surface area contributed by atoms with E-state index >= 15 is 0 Å². The molecule has 0 aliphatic carbocycles. The predicted molar refractivity (Wildman–Crippen MR) is 97.1 cm³/mol. The van der Waals surface area contributed by atoms with Crippen LogP contribution in [0.2, 0.25) is 0 Å². The maximum atomic E-state index is 13.1. The minimum Gasteiger partial charge on any atom is -0.324 e. The van der Waals surface area contributed by atoms with Gasteiger partial charge in [-0.15, -0.1) is 0 Å². The number of nitrogens with one attached hydrogen (secondary N) is 1. The van der Waals surface area contributed by atoms with Crippen molar-refractivity contribution >= 4 is 21.4 Å². The Labute approximate surface area is 156 Å². The molecule has 2 aromatic carbocycles. The molecule has 146 valence electrons. The minimum absolute atomic E-state index is 0.00374. The van der Waals surface area contributed by atoms with Crippen LogP contribution in [0.4, 0.5) is 18.9 Å². The fourth-order valence-electron chi connectivity index (χ4n) is 2.63. The lowest BCUT2D eigenvalue weighted by Crippen LogP contribution is -2.35. The monoisotopic (exact) mass is 399 g/mol. The number of rotatable bonds is 6. The zero-order chi connectivity index (χ0) is 20.2. The van der Waals surface area contributed by atoms with Crippen LogP contribution in [-0.4, -0.2) is 19.6 Å². The third-order valence-electron chi connectivity index (χ3n) is 4.06. The standard InChI is InChI=1S/C19H20F3NO3S/c1-3-6-17(27(25,26)14-11-9-13(2)10-12-14)18(24)23-16-8-5-4-7-15(16)19(20,21)22/h4-5,7-12,17H,3,6H2,1-2H3,(H,23,24). The molecule has 0 bridgehead atoms. The molecule has 4 nitrogen and oxygen atoms in total. The van der Waals surface area contributed by atoms with E-state index in [-0.39, 0.29) is 11.3 Å². The van der Waals surface area contributed by atoms with Gasteiger partial charge in [0.25, 0.3) is 0 Å². The van der Waals surface area contributed by atoms with Gasteiger partial charge in [0.05, 0.1) is 16.1 Å². The molecular formula is C19H20F3NO3S. The number of carbonyl (C=O) groups is 1. The number of aryl methyl sites for hydroxylation is 1. The molecular weight excluding hydrogens is 379 g/mol. The number of carbonyl (C=O) groups excluding carboxylic acids is 1. The normalized spacial score (nSPS) is 13.2. The van der Waals surface area contributed by atoms with E-state index in [2.05, 4.69) is 5.32 Å². The van der Waals surface area contributed by atoms with Gasteiger partial charge in [0.1, 0.15) is 5.25 Å². The summed E-state index contributed by atoms with van der Waals surface area (Å²) in [5.41, 5.74) is -0.638. The Kier molecular flexibility index (Phi) is 6.30. The molecule has 0 saturated heterocycles. The Bertz CT molecular complexity index is 907. The number of sulfone groups is 1. The van der Waals surface area contributed by atoms with Gasteiger partial charge in [0.15, 0.2) is 9.84 Å². The van der Waals surface area contributed by atoms with Crippen molar-refractivity contribution in [2.45, 2.75) is 43.0 Å². The number of halogens is 3. The fourth-order valence-corrected chi connectivity index (χ4v) is 4.36. The van der Waals surface area contributed by atoms with Gasteiger partial charge in [-0.2, -0.15) is 13.2 Å². The van der Waals surface area contributed by atoms with Crippen LogP contribution in [0.3, 0.4) is 0 Å². The number of hydrogen-bond acceptors (Lipinski definition) is 3. The van der Waals surface area contributed by atoms with E-state index in [0.717, 1.165) is 17.7 Å². The molecule has 1 amide bonds. The summed E-state index contributed by atoms with van der Waals surface area (Å²) in [6.45, 7) is 3.50. The number of para-hydroxylation sites is 1. The molecule has 2 rings (SSSR count). The van der Waals surface area contributed by atoms with Crippen molar-refractivity contribution in [3.05, 3.63) is 59.7 Å². The molecule has 0 aliphatic heterocycles. The van der Waals surface area contributed by atoms with Crippen molar-refractivity contribution in [3.8, 4) is 0 Å². The van der Waals surface area contributed by atoms with Crippen LogP contribution >= 0.6 is 0 Å². The van der Waals surface area contributed by atoms with E-state index in [1.54, 1.807) is 26.0 Å². The van der Waals surface area contributed by atoms with Crippen LogP contribution in [0.25, 0.3) is 0 Å². The summed E-state index contributed by atoms with van der Waals surface area (Å²) < 4.78 is 65.1. The Morgan fingerprint density at radius 1 is 1.07 bits per heavy atom. The smallest absolute Gasteiger partial charge is 0.324 e. The van der Waals surface area contributed by atoms with E-state index in [9.17, 15) is 26.4 Å². The molecule has 8 heteroatoms. The summed E-state index contributed by atoms with van der Waals surface area (Å²) in [7, 11) is -4.04. The van der Waals surface area contributed by atoms with Crippen molar-refractivity contribution in [3.63, 3.8) is 0 Å². The molecule has 1 unspecified atom stereocenters. The zero-order valence-corrected chi connectivity index (χ0v) is 15.7. The van der Waals surface area contributed by atoms with Gasteiger partial charge < -0.3 is 5.32 Å². The second-order valence-electron chi connectivity index (χ2n) is 6.17. The first-order valence-corrected chi connectivity index (χ1v) is 9.89. The topological polar surface area (TPSA) is 63.2 Å². The van der Waals surface area contributed by atoms with Crippen LogP contribution in [0.15, 0.2) is 53.4 Å². The molecule has 0 aliphatic rings. The maximum absolute atomic E-state index is 13.1. The molecule has 0 saturated carbocycles. The number of amides is 1. The first-order chi connectivity index (χ1) is 12.6. The average Bonchev–Trinajstić information content (AvgIpc) is 2.59. The average molecular weight is 399 g/mol. The largest absolute Gasteiger partial charge is 0.418 e. The SMILES string of the molecule is CCCC(C(=O)Nc1ccccc1C(F)(F)F)S(=O)(=O)c1ccc(C)cc1. The van der Waals surface area contributed by atoms with Gasteiger partial charge in [0.2, 0.25) is 5.91 Å². The van der Waals surface area contributed by atoms with Gasteiger partial charge >= 0.3 is 6.18 Å². The molecule has 0 fully saturated rings. The van der Waals surface area contributed by atoms with Crippen LogP contribution in [0, 0.1) is 6.92 Å². The van der Waals surface area contributed by atoms with Crippen LogP contribution in [0.5, 0.6) is 0 Å². The molecule has 2 aromatic rings. The lowest BCUT2D eigenvalue weighted by atomic mass is 10.1. The van der Waals surface area contributed by atoms with Crippen molar-refractivity contribution < 1.29 is 26.4 Å². The number of anilines is 1. The molecule has 1 atom stereocenters. The summed E-state index contributed by atoms with van der Waals surface area (Å²) in [6.07, 6.45) is -4.29. The highest BCUT2D eigenvalue weighted by atomic mass is 32.2. The minimum atomic E-state index is -4.67. The second-order valence-corrected chi connectivity index (χ2v) is 8.30. The first kappa shape index (κ1) is 21.0. The predicted octanol–water partition coefficient (Wildman–Crippen LogP) is 4.59. The van der Waals surface area contributed by atoms with Crippen molar-refractivity contribution in [1.82, 2.24) is 0 Å². The lowest BCUT2D eigenvalue weighted by molar-refractivity contribution is -0.137. The summed E-state index contributed by atoms with van der Waals surface area (Å²) in [5, 5.41) is 0.671. The quantitative estimate of drug-likeness (QED) is 0.772. The van der Waals surface area contributed by atoms with Crippen molar-refractivity contribution in [1.29, 1.82) is 0 Å². The highest BCUT2D eigenvalue weighted by Crippen LogP contribution is 2.35. The Morgan fingerprint density at radius 2 is 1.67 bits per heavy atom. The van der Waals surface area contributed by atoms with Crippen LogP contribution in [0.1, 0.15) is 30.9 Å². The molecule has 1 N–H and O–H groups in total. The van der Waals surface area contributed by atoms with Crippen molar-refractivity contribution in [2.75, 3.05) is 5.32 Å². The number of hydrogen-bond donors (Lipinski definition) is 1. The summed E-state index contributed by atoms with van der Waals surface area (Å²) in [6, 6.07) is 10.5. The summed E-state index contributed by atoms with van der Waals surface area (Å²) in [5.74, 6) is -0.978. The highest BCUT2D eigenvalue weighted by molar-refractivity contribution is 7.92. The highest BCUT2D eigenvalue weighted by Gasteiger charge is 2.37. The van der Waals surface area contributed by atoms with Crippen LogP contribution in [-0.2, 0) is 20.8 Å². The second kappa shape index (κ2) is 8.12. The van der Waals surface area contributed by atoms with E-state index in [0.29, 0.717) is 6.42 Å². The summed E-state index contributed by atoms with van der Waals surface area (Å²) >= 11 is 0. The molecule has 0 radical (unpaired) electrons. The van der Waals surface area contributed by atoms with Gasteiger partial charge in [-0.1, -0.05) is 43.2 Å². The molecule has 0 heterocycles. The number of benzene rings is 2. The van der Waals surface area contributed by atoms with Crippen LogP contribution < -0.4 is 5.32 Å². The first-order valence-electron chi connectivity index (χ1n) is 8.35. The zero-order valence-electron chi connectivity index (χ0n) is 14.9. The third-order valence-corrected chi connectivity index (χ3v) is 6.19. The summed E-state index contributed by atoms with van der Waals surface area (Å²) in [4.78, 5) is 12.6. The van der Waals surface area contributed by atoms with Crippen molar-refractivity contribution in [2.24, 2.45) is 0 Å². The van der Waals surface area contributed by atoms with Gasteiger partial charge in [0, 0.05) is 0 Å². The van der Waals surface area contributed by atoms with E-state index in [1.165, 1.54) is 24.3 Å². The van der Waals surface area contributed by atoms with Gasteiger partial charge in [-0.25, -0.2) is 8.42 Å². The molecule has 27 heavy (non-hydrogen) atoms. The Morgan fingerprint density at radius 3 is 2.22 bits per heavy atom. The van der Waals surface area contributed by atoms with E-state index in [4.69, 9.17) is 0 Å². The molecule has 0 spiro atoms. The fraction of sp³-hybridized carbons (Fsp3) is 0.316. The van der Waals surface area contributed by atoms with Gasteiger partial charge in [-0.3, -0.25) is 4.79 Å². The van der Waals surface area contributed by atoms with E-state index < -0.39 is 38.4 Å². The lowest BCUT2D eigenvalue weighted by Gasteiger charge is -2.19. The Hall–Kier alpha value is -2.35. The Balaban J connectivity index is 2.38.